The normalized spacial score (nSPS) is 17.2. The predicted molar refractivity (Wildman–Crippen MR) is 52.1 cm³/mol. The fourth-order valence-electron chi connectivity index (χ4n) is 1.47. The second-order valence-electron chi connectivity index (χ2n) is 3.07. The molecule has 0 spiro atoms. The van der Waals surface area contributed by atoms with Gasteiger partial charge in [-0.3, -0.25) is 0 Å². The zero-order chi connectivity index (χ0) is 9.97. The van der Waals surface area contributed by atoms with Gasteiger partial charge < -0.3 is 19.9 Å². The van der Waals surface area contributed by atoms with Crippen LogP contribution in [0.3, 0.4) is 0 Å². The first kappa shape index (κ1) is 9.30. The molecule has 0 bridgehead atoms. The lowest BCUT2D eigenvalue weighted by Crippen LogP contribution is -2.02. The average molecular weight is 195 g/mol. The van der Waals surface area contributed by atoms with Gasteiger partial charge in [0.25, 0.3) is 0 Å². The number of nitrogen functional groups attached to an aromatic ring is 1. The number of anilines is 1. The van der Waals surface area contributed by atoms with Gasteiger partial charge >= 0.3 is 0 Å². The van der Waals surface area contributed by atoms with E-state index in [1.807, 2.05) is 12.1 Å². The van der Waals surface area contributed by atoms with Crippen LogP contribution in [0, 0.1) is 0 Å². The standard InChI is InChI=1S/C10H13NO3/c1-12-9-3-2-7(11)6-8(9)10-13-4-5-14-10/h2-3,6,10H,4-5,11H2,1H3. The first-order chi connectivity index (χ1) is 6.81. The van der Waals surface area contributed by atoms with Gasteiger partial charge in [-0.25, -0.2) is 0 Å². The summed E-state index contributed by atoms with van der Waals surface area (Å²) in [6.45, 7) is 1.23. The summed E-state index contributed by atoms with van der Waals surface area (Å²) in [7, 11) is 1.62. The van der Waals surface area contributed by atoms with Gasteiger partial charge in [0.15, 0.2) is 6.29 Å². The SMILES string of the molecule is COc1ccc(N)cc1C1OCCO1. The Morgan fingerprint density at radius 3 is 2.71 bits per heavy atom. The predicted octanol–water partition coefficient (Wildman–Crippen LogP) is 1.32. The molecule has 2 N–H and O–H groups in total. The second kappa shape index (κ2) is 3.86. The molecule has 1 fully saturated rings. The van der Waals surface area contributed by atoms with Crippen LogP contribution in [0.2, 0.25) is 0 Å². The van der Waals surface area contributed by atoms with Crippen LogP contribution in [0.5, 0.6) is 5.75 Å². The van der Waals surface area contributed by atoms with Gasteiger partial charge in [-0.05, 0) is 18.2 Å². The first-order valence-electron chi connectivity index (χ1n) is 4.48. The van der Waals surface area contributed by atoms with Gasteiger partial charge in [0, 0.05) is 5.69 Å². The highest BCUT2D eigenvalue weighted by molar-refractivity contribution is 5.48. The highest BCUT2D eigenvalue weighted by atomic mass is 16.7. The summed E-state index contributed by atoms with van der Waals surface area (Å²) in [5, 5.41) is 0. The number of methoxy groups -OCH3 is 1. The maximum atomic E-state index is 5.68. The smallest absolute Gasteiger partial charge is 0.187 e. The number of ether oxygens (including phenoxy) is 3. The molecule has 0 amide bonds. The number of hydrogen-bond acceptors (Lipinski definition) is 4. The van der Waals surface area contributed by atoms with Gasteiger partial charge in [0.05, 0.1) is 25.9 Å². The summed E-state index contributed by atoms with van der Waals surface area (Å²) < 4.78 is 16.0. The van der Waals surface area contributed by atoms with Gasteiger partial charge in [0.2, 0.25) is 0 Å². The molecule has 1 saturated heterocycles. The summed E-state index contributed by atoms with van der Waals surface area (Å²) in [4.78, 5) is 0. The van der Waals surface area contributed by atoms with E-state index in [9.17, 15) is 0 Å². The molecule has 4 heteroatoms. The molecule has 1 aliphatic rings. The molecule has 0 atom stereocenters. The molecule has 1 aromatic rings. The number of nitrogens with two attached hydrogens (primary N) is 1. The maximum absolute atomic E-state index is 5.68. The lowest BCUT2D eigenvalue weighted by molar-refractivity contribution is -0.0454. The molecule has 2 rings (SSSR count). The molecule has 1 aromatic carbocycles. The molecule has 1 heterocycles. The minimum atomic E-state index is -0.339. The molecular formula is C10H13NO3. The number of hydrogen-bond donors (Lipinski definition) is 1. The molecule has 76 valence electrons. The Bertz CT molecular complexity index is 321. The first-order valence-corrected chi connectivity index (χ1v) is 4.48. The topological polar surface area (TPSA) is 53.7 Å². The van der Waals surface area contributed by atoms with Crippen molar-refractivity contribution in [1.29, 1.82) is 0 Å². The molecule has 0 unspecified atom stereocenters. The summed E-state index contributed by atoms with van der Waals surface area (Å²) in [6, 6.07) is 5.42. The zero-order valence-electron chi connectivity index (χ0n) is 8.03. The van der Waals surface area contributed by atoms with Crippen LogP contribution in [0.4, 0.5) is 5.69 Å². The third-order valence-electron chi connectivity index (χ3n) is 2.13. The quantitative estimate of drug-likeness (QED) is 0.723. The molecule has 0 radical (unpaired) electrons. The molecular weight excluding hydrogens is 182 g/mol. The summed E-state index contributed by atoms with van der Waals surface area (Å²) in [5.41, 5.74) is 7.22. The Balaban J connectivity index is 2.33. The third kappa shape index (κ3) is 1.66. The van der Waals surface area contributed by atoms with Crippen LogP contribution in [0.25, 0.3) is 0 Å². The van der Waals surface area contributed by atoms with E-state index in [2.05, 4.69) is 0 Å². The van der Waals surface area contributed by atoms with Crippen LogP contribution in [-0.4, -0.2) is 20.3 Å². The van der Waals surface area contributed by atoms with E-state index >= 15 is 0 Å². The fourth-order valence-corrected chi connectivity index (χ4v) is 1.47. The van der Waals surface area contributed by atoms with Crippen LogP contribution >= 0.6 is 0 Å². The van der Waals surface area contributed by atoms with E-state index in [0.717, 1.165) is 11.3 Å². The van der Waals surface area contributed by atoms with E-state index in [1.165, 1.54) is 0 Å². The van der Waals surface area contributed by atoms with Crippen molar-refractivity contribution in [2.75, 3.05) is 26.1 Å². The van der Waals surface area contributed by atoms with Crippen molar-refractivity contribution in [3.8, 4) is 5.75 Å². The van der Waals surface area contributed by atoms with Gasteiger partial charge in [0.1, 0.15) is 5.75 Å². The van der Waals surface area contributed by atoms with E-state index in [-0.39, 0.29) is 6.29 Å². The number of rotatable bonds is 2. The van der Waals surface area contributed by atoms with Gasteiger partial charge in [-0.1, -0.05) is 0 Å². The molecule has 0 saturated carbocycles. The van der Waals surface area contributed by atoms with Crippen molar-refractivity contribution in [1.82, 2.24) is 0 Å². The van der Waals surface area contributed by atoms with Gasteiger partial charge in [-0.15, -0.1) is 0 Å². The van der Waals surface area contributed by atoms with Crippen molar-refractivity contribution in [2.24, 2.45) is 0 Å². The molecule has 1 aliphatic heterocycles. The van der Waals surface area contributed by atoms with E-state index < -0.39 is 0 Å². The fraction of sp³-hybridized carbons (Fsp3) is 0.400. The van der Waals surface area contributed by atoms with Crippen molar-refractivity contribution in [3.05, 3.63) is 23.8 Å². The van der Waals surface area contributed by atoms with Crippen LogP contribution in [0.1, 0.15) is 11.9 Å². The monoisotopic (exact) mass is 195 g/mol. The third-order valence-corrected chi connectivity index (χ3v) is 2.13. The summed E-state index contributed by atoms with van der Waals surface area (Å²) >= 11 is 0. The highest BCUT2D eigenvalue weighted by Crippen LogP contribution is 2.32. The van der Waals surface area contributed by atoms with Crippen molar-refractivity contribution >= 4 is 5.69 Å². The van der Waals surface area contributed by atoms with Crippen LogP contribution in [-0.2, 0) is 9.47 Å². The lowest BCUT2D eigenvalue weighted by Gasteiger charge is -2.13. The Morgan fingerprint density at radius 1 is 1.36 bits per heavy atom. The van der Waals surface area contributed by atoms with Crippen molar-refractivity contribution in [3.63, 3.8) is 0 Å². The molecule has 14 heavy (non-hydrogen) atoms. The minimum absolute atomic E-state index is 0.339. The Kier molecular flexibility index (Phi) is 2.56. The van der Waals surface area contributed by atoms with Crippen LogP contribution in [0.15, 0.2) is 18.2 Å². The van der Waals surface area contributed by atoms with E-state index in [4.69, 9.17) is 19.9 Å². The molecule has 0 aromatic heterocycles. The van der Waals surface area contributed by atoms with Crippen molar-refractivity contribution in [2.45, 2.75) is 6.29 Å². The van der Waals surface area contributed by atoms with Crippen LogP contribution < -0.4 is 10.5 Å². The Labute approximate surface area is 82.6 Å². The largest absolute Gasteiger partial charge is 0.496 e. The van der Waals surface area contributed by atoms with E-state index in [1.54, 1.807) is 13.2 Å². The lowest BCUT2D eigenvalue weighted by atomic mass is 10.1. The Morgan fingerprint density at radius 2 is 2.07 bits per heavy atom. The molecule has 0 aliphatic carbocycles. The van der Waals surface area contributed by atoms with E-state index in [0.29, 0.717) is 18.9 Å². The second-order valence-corrected chi connectivity index (χ2v) is 3.07. The highest BCUT2D eigenvalue weighted by Gasteiger charge is 2.21. The van der Waals surface area contributed by atoms with Gasteiger partial charge in [-0.2, -0.15) is 0 Å². The Hall–Kier alpha value is -1.26. The summed E-state index contributed by atoms with van der Waals surface area (Å²) in [5.74, 6) is 0.742. The number of benzene rings is 1. The zero-order valence-corrected chi connectivity index (χ0v) is 8.03. The average Bonchev–Trinajstić information content (AvgIpc) is 2.70. The summed E-state index contributed by atoms with van der Waals surface area (Å²) in [6.07, 6.45) is -0.339. The maximum Gasteiger partial charge on any atom is 0.187 e. The van der Waals surface area contributed by atoms with Crippen molar-refractivity contribution < 1.29 is 14.2 Å². The molecule has 4 nitrogen and oxygen atoms in total. The minimum Gasteiger partial charge on any atom is -0.496 e.